The highest BCUT2D eigenvalue weighted by Crippen LogP contribution is 2.38. The number of hydrogen-bond donors (Lipinski definition) is 1. The van der Waals surface area contributed by atoms with Crippen LogP contribution in [0.15, 0.2) is 71.7 Å². The van der Waals surface area contributed by atoms with Crippen LogP contribution in [0.2, 0.25) is 0 Å². The van der Waals surface area contributed by atoms with Crippen molar-refractivity contribution in [2.24, 2.45) is 0 Å². The lowest BCUT2D eigenvalue weighted by atomic mass is 9.88. The summed E-state index contributed by atoms with van der Waals surface area (Å²) in [5.74, 6) is 0.837. The summed E-state index contributed by atoms with van der Waals surface area (Å²) in [6.07, 6.45) is 3.23. The Kier molecular flexibility index (Phi) is 3.74. The van der Waals surface area contributed by atoms with E-state index >= 15 is 0 Å². The van der Waals surface area contributed by atoms with Gasteiger partial charge in [0.15, 0.2) is 5.82 Å². The fourth-order valence-corrected chi connectivity index (χ4v) is 3.97. The van der Waals surface area contributed by atoms with Gasteiger partial charge in [0.05, 0.1) is 0 Å². The summed E-state index contributed by atoms with van der Waals surface area (Å²) in [7, 11) is 0. The van der Waals surface area contributed by atoms with Gasteiger partial charge in [-0.05, 0) is 29.1 Å². The van der Waals surface area contributed by atoms with E-state index < -0.39 is 0 Å². The Balaban J connectivity index is 1.47. The standard InChI is InChI=1S/C21H18N4O2/c26-21(16-7-6-15-8-9-22-19(15)10-16)25-11-17(14-4-2-1-3-5-14)18(12-25)20-23-13-27-24-20/h1-10,13,17-18,22H,11-12H2/t17-,18+/m1/s1. The third-order valence-corrected chi connectivity index (χ3v) is 5.35. The summed E-state index contributed by atoms with van der Waals surface area (Å²) < 4.78 is 4.96. The van der Waals surface area contributed by atoms with Gasteiger partial charge in [-0.2, -0.15) is 4.98 Å². The molecule has 1 fully saturated rings. The molecule has 2 atom stereocenters. The van der Waals surface area contributed by atoms with Gasteiger partial charge >= 0.3 is 0 Å². The van der Waals surface area contributed by atoms with Crippen LogP contribution in [0.5, 0.6) is 0 Å². The molecule has 6 nitrogen and oxygen atoms in total. The molecule has 0 saturated carbocycles. The van der Waals surface area contributed by atoms with E-state index in [1.807, 2.05) is 53.6 Å². The number of carbonyl (C=O) groups excluding carboxylic acids is 1. The minimum Gasteiger partial charge on any atom is -0.361 e. The highest BCUT2D eigenvalue weighted by Gasteiger charge is 2.39. The molecular formula is C21H18N4O2. The molecule has 2 aromatic carbocycles. The van der Waals surface area contributed by atoms with Gasteiger partial charge in [-0.1, -0.05) is 41.6 Å². The highest BCUT2D eigenvalue weighted by atomic mass is 16.5. The second kappa shape index (κ2) is 6.39. The van der Waals surface area contributed by atoms with Gasteiger partial charge < -0.3 is 14.4 Å². The number of aromatic nitrogens is 3. The number of nitrogens with one attached hydrogen (secondary N) is 1. The summed E-state index contributed by atoms with van der Waals surface area (Å²) in [6.45, 7) is 1.20. The number of benzene rings is 2. The molecule has 0 radical (unpaired) electrons. The maximum absolute atomic E-state index is 13.2. The molecule has 1 amide bonds. The van der Waals surface area contributed by atoms with Crippen LogP contribution in [0.3, 0.4) is 0 Å². The van der Waals surface area contributed by atoms with E-state index in [1.165, 1.54) is 12.0 Å². The predicted molar refractivity (Wildman–Crippen MR) is 100 cm³/mol. The molecule has 1 saturated heterocycles. The van der Waals surface area contributed by atoms with Crippen molar-refractivity contribution in [2.75, 3.05) is 13.1 Å². The molecule has 0 spiro atoms. The zero-order valence-corrected chi connectivity index (χ0v) is 14.6. The molecule has 0 unspecified atom stereocenters. The molecule has 27 heavy (non-hydrogen) atoms. The summed E-state index contributed by atoms with van der Waals surface area (Å²) >= 11 is 0. The summed E-state index contributed by atoms with van der Waals surface area (Å²) in [6, 6.07) is 18.0. The Morgan fingerprint density at radius 1 is 1.07 bits per heavy atom. The molecule has 3 heterocycles. The third kappa shape index (κ3) is 2.79. The molecule has 5 rings (SSSR count). The van der Waals surface area contributed by atoms with E-state index in [0.29, 0.717) is 24.5 Å². The van der Waals surface area contributed by atoms with Crippen LogP contribution in [0, 0.1) is 0 Å². The normalized spacial score (nSPS) is 19.6. The van der Waals surface area contributed by atoms with Crippen LogP contribution in [0.25, 0.3) is 10.9 Å². The number of aromatic amines is 1. The second-order valence-electron chi connectivity index (χ2n) is 6.90. The number of rotatable bonds is 3. The van der Waals surface area contributed by atoms with Crippen molar-refractivity contribution < 1.29 is 9.32 Å². The van der Waals surface area contributed by atoms with E-state index in [9.17, 15) is 4.79 Å². The molecule has 0 aliphatic carbocycles. The molecular weight excluding hydrogens is 340 g/mol. The van der Waals surface area contributed by atoms with Crippen molar-refractivity contribution in [3.05, 3.63) is 84.1 Å². The molecule has 1 aliphatic rings. The van der Waals surface area contributed by atoms with Crippen molar-refractivity contribution in [1.29, 1.82) is 0 Å². The summed E-state index contributed by atoms with van der Waals surface area (Å²) in [5, 5.41) is 5.14. The van der Waals surface area contributed by atoms with Crippen LogP contribution >= 0.6 is 0 Å². The lowest BCUT2D eigenvalue weighted by molar-refractivity contribution is 0.0789. The molecule has 6 heteroatoms. The monoisotopic (exact) mass is 358 g/mol. The molecule has 1 aliphatic heterocycles. The van der Waals surface area contributed by atoms with Gasteiger partial charge in [0.2, 0.25) is 6.39 Å². The smallest absolute Gasteiger partial charge is 0.253 e. The van der Waals surface area contributed by atoms with Gasteiger partial charge in [0.25, 0.3) is 5.91 Å². The topological polar surface area (TPSA) is 75.0 Å². The van der Waals surface area contributed by atoms with E-state index in [-0.39, 0.29) is 17.7 Å². The van der Waals surface area contributed by atoms with E-state index in [0.717, 1.165) is 10.9 Å². The van der Waals surface area contributed by atoms with Gasteiger partial charge in [0, 0.05) is 42.2 Å². The number of hydrogen-bond acceptors (Lipinski definition) is 4. The van der Waals surface area contributed by atoms with Gasteiger partial charge in [-0.15, -0.1) is 0 Å². The SMILES string of the molecule is O=C(c1ccc2cc[nH]c2c1)N1C[C@H](c2ccccc2)[C@@H](c2ncon2)C1. The van der Waals surface area contributed by atoms with E-state index in [4.69, 9.17) is 4.52 Å². The van der Waals surface area contributed by atoms with Gasteiger partial charge in [-0.25, -0.2) is 0 Å². The predicted octanol–water partition coefficient (Wildman–Crippen LogP) is 3.57. The number of amides is 1. The Bertz CT molecular complexity index is 1070. The second-order valence-corrected chi connectivity index (χ2v) is 6.90. The van der Waals surface area contributed by atoms with Crippen LogP contribution in [-0.2, 0) is 0 Å². The fourth-order valence-electron chi connectivity index (χ4n) is 3.97. The quantitative estimate of drug-likeness (QED) is 0.607. The lowest BCUT2D eigenvalue weighted by Crippen LogP contribution is -2.28. The largest absolute Gasteiger partial charge is 0.361 e. The van der Waals surface area contributed by atoms with Crippen molar-refractivity contribution in [3.8, 4) is 0 Å². The zero-order valence-electron chi connectivity index (χ0n) is 14.6. The van der Waals surface area contributed by atoms with Crippen LogP contribution in [0.1, 0.15) is 33.6 Å². The Morgan fingerprint density at radius 2 is 1.93 bits per heavy atom. The highest BCUT2D eigenvalue weighted by molar-refractivity contribution is 5.98. The average Bonchev–Trinajstić information content (AvgIpc) is 3.47. The Hall–Kier alpha value is -3.41. The third-order valence-electron chi connectivity index (χ3n) is 5.35. The minimum atomic E-state index is 0.0179. The average molecular weight is 358 g/mol. The Morgan fingerprint density at radius 3 is 2.74 bits per heavy atom. The first-order valence-corrected chi connectivity index (χ1v) is 8.97. The molecule has 2 aromatic heterocycles. The first kappa shape index (κ1) is 15.8. The molecule has 0 bridgehead atoms. The first-order chi connectivity index (χ1) is 13.3. The summed E-state index contributed by atoms with van der Waals surface area (Å²) in [5.41, 5.74) is 2.84. The zero-order chi connectivity index (χ0) is 18.2. The minimum absolute atomic E-state index is 0.0179. The molecule has 4 aromatic rings. The number of H-pyrrole nitrogens is 1. The van der Waals surface area contributed by atoms with Crippen LogP contribution in [0.4, 0.5) is 0 Å². The number of carbonyl (C=O) groups is 1. The Labute approximate surface area is 155 Å². The maximum atomic E-state index is 13.2. The fraction of sp³-hybridized carbons (Fsp3) is 0.190. The maximum Gasteiger partial charge on any atom is 0.253 e. The van der Waals surface area contributed by atoms with Crippen LogP contribution in [-0.4, -0.2) is 39.0 Å². The number of fused-ring (bicyclic) bond motifs is 1. The van der Waals surface area contributed by atoms with Crippen molar-refractivity contribution in [3.63, 3.8) is 0 Å². The summed E-state index contributed by atoms with van der Waals surface area (Å²) in [4.78, 5) is 22.5. The van der Waals surface area contributed by atoms with Crippen LogP contribution < -0.4 is 0 Å². The van der Waals surface area contributed by atoms with E-state index in [2.05, 4.69) is 27.3 Å². The first-order valence-electron chi connectivity index (χ1n) is 8.97. The molecule has 134 valence electrons. The van der Waals surface area contributed by atoms with Crippen molar-refractivity contribution >= 4 is 16.8 Å². The molecule has 1 N–H and O–H groups in total. The van der Waals surface area contributed by atoms with Gasteiger partial charge in [-0.3, -0.25) is 4.79 Å². The lowest BCUT2D eigenvalue weighted by Gasteiger charge is -2.17. The number of likely N-dealkylation sites (tertiary alicyclic amines) is 1. The van der Waals surface area contributed by atoms with Crippen molar-refractivity contribution in [1.82, 2.24) is 20.0 Å². The van der Waals surface area contributed by atoms with E-state index in [1.54, 1.807) is 0 Å². The van der Waals surface area contributed by atoms with Crippen molar-refractivity contribution in [2.45, 2.75) is 11.8 Å². The van der Waals surface area contributed by atoms with Gasteiger partial charge in [0.1, 0.15) is 0 Å². The number of nitrogens with zero attached hydrogens (tertiary/aromatic N) is 3.